The van der Waals surface area contributed by atoms with Crippen LogP contribution in [-0.4, -0.2) is 54.4 Å². The van der Waals surface area contributed by atoms with E-state index in [1.165, 1.54) is 12.4 Å². The Morgan fingerprint density at radius 2 is 1.97 bits per heavy atom. The number of hydrogen-bond acceptors (Lipinski definition) is 8. The Morgan fingerprint density at radius 3 is 2.61 bits per heavy atom. The molecule has 2 N–H and O–H groups in total. The summed E-state index contributed by atoms with van der Waals surface area (Å²) in [7, 11) is 0. The van der Waals surface area contributed by atoms with E-state index in [2.05, 4.69) is 15.1 Å². The van der Waals surface area contributed by atoms with E-state index < -0.39 is 22.0 Å². The summed E-state index contributed by atoms with van der Waals surface area (Å²) >= 11 is 0. The average Bonchev–Trinajstić information content (AvgIpc) is 3.14. The van der Waals surface area contributed by atoms with Crippen molar-refractivity contribution < 1.29 is 18.8 Å². The van der Waals surface area contributed by atoms with E-state index in [9.17, 15) is 19.3 Å². The van der Waals surface area contributed by atoms with Crippen molar-refractivity contribution in [3.8, 4) is 11.3 Å². The normalized spacial score (nSPS) is 15.1. The summed E-state index contributed by atoms with van der Waals surface area (Å²) in [6.45, 7) is 6.40. The van der Waals surface area contributed by atoms with Gasteiger partial charge in [0.1, 0.15) is 23.4 Å². The Bertz CT molecular complexity index is 1230. The van der Waals surface area contributed by atoms with Crippen molar-refractivity contribution in [2.45, 2.75) is 45.3 Å². The quantitative estimate of drug-likeness (QED) is 0.463. The van der Waals surface area contributed by atoms with Gasteiger partial charge in [-0.25, -0.2) is 19.4 Å². The molecule has 1 aromatic carbocycles. The number of aromatic nitrogens is 4. The Labute approximate surface area is 188 Å². The lowest BCUT2D eigenvalue weighted by Crippen LogP contribution is -2.42. The summed E-state index contributed by atoms with van der Waals surface area (Å²) < 4.78 is 21.0. The second kappa shape index (κ2) is 8.26. The SMILES string of the molecule is CC(C)(C)OC(=O)N1CCC(n2nc(-c3ccc(F)c([N+](=O)[O-])c3)c3c(N)ncnc32)CC1. The molecule has 0 saturated carbocycles. The number of nitrogen functional groups attached to an aromatic ring is 1. The molecule has 12 heteroatoms. The Morgan fingerprint density at radius 1 is 1.27 bits per heavy atom. The predicted octanol–water partition coefficient (Wildman–Crippen LogP) is 3.69. The highest BCUT2D eigenvalue weighted by molar-refractivity contribution is 5.98. The van der Waals surface area contributed by atoms with Gasteiger partial charge >= 0.3 is 11.8 Å². The van der Waals surface area contributed by atoms with Crippen molar-refractivity contribution in [3.63, 3.8) is 0 Å². The van der Waals surface area contributed by atoms with Crippen LogP contribution in [0.2, 0.25) is 0 Å². The summed E-state index contributed by atoms with van der Waals surface area (Å²) in [5.74, 6) is -0.773. The highest BCUT2D eigenvalue weighted by atomic mass is 19.1. The topological polar surface area (TPSA) is 142 Å². The molecule has 1 fully saturated rings. The molecule has 1 saturated heterocycles. The first-order chi connectivity index (χ1) is 15.5. The first-order valence-electron chi connectivity index (χ1n) is 10.5. The fourth-order valence-electron chi connectivity index (χ4n) is 3.87. The Balaban J connectivity index is 1.67. The molecule has 174 valence electrons. The van der Waals surface area contributed by atoms with Gasteiger partial charge < -0.3 is 15.4 Å². The number of nitrogens with zero attached hydrogens (tertiary/aromatic N) is 6. The van der Waals surface area contributed by atoms with Crippen LogP contribution in [0, 0.1) is 15.9 Å². The van der Waals surface area contributed by atoms with Crippen LogP contribution >= 0.6 is 0 Å². The number of likely N-dealkylation sites (tertiary alicyclic amines) is 1. The van der Waals surface area contributed by atoms with Crippen LogP contribution in [0.1, 0.15) is 39.7 Å². The van der Waals surface area contributed by atoms with Gasteiger partial charge in [-0.2, -0.15) is 9.49 Å². The number of halogens is 1. The summed E-state index contributed by atoms with van der Waals surface area (Å²) in [6.07, 6.45) is 2.16. The molecule has 0 bridgehead atoms. The monoisotopic (exact) mass is 457 g/mol. The van der Waals surface area contributed by atoms with E-state index in [1.807, 2.05) is 20.8 Å². The van der Waals surface area contributed by atoms with Crippen LogP contribution in [-0.2, 0) is 4.74 Å². The molecule has 0 unspecified atom stereocenters. The van der Waals surface area contributed by atoms with Crippen molar-refractivity contribution >= 4 is 28.6 Å². The second-order valence-corrected chi connectivity index (χ2v) is 8.87. The summed E-state index contributed by atoms with van der Waals surface area (Å²) in [5.41, 5.74) is 6.01. The molecule has 1 amide bonds. The second-order valence-electron chi connectivity index (χ2n) is 8.87. The van der Waals surface area contributed by atoms with E-state index in [0.29, 0.717) is 48.2 Å². The van der Waals surface area contributed by atoms with Crippen molar-refractivity contribution in [1.29, 1.82) is 0 Å². The predicted molar refractivity (Wildman–Crippen MR) is 118 cm³/mol. The highest BCUT2D eigenvalue weighted by Crippen LogP contribution is 2.35. The molecule has 2 aromatic heterocycles. The highest BCUT2D eigenvalue weighted by Gasteiger charge is 2.30. The Hall–Kier alpha value is -3.83. The van der Waals surface area contributed by atoms with Crippen molar-refractivity contribution in [2.24, 2.45) is 0 Å². The van der Waals surface area contributed by atoms with Gasteiger partial charge in [-0.1, -0.05) is 0 Å². The van der Waals surface area contributed by atoms with Crippen LogP contribution in [0.3, 0.4) is 0 Å². The number of hydrogen-bond donors (Lipinski definition) is 1. The first-order valence-corrected chi connectivity index (χ1v) is 10.5. The lowest BCUT2D eigenvalue weighted by Gasteiger charge is -2.33. The van der Waals surface area contributed by atoms with E-state index in [4.69, 9.17) is 10.5 Å². The van der Waals surface area contributed by atoms with Crippen molar-refractivity contribution in [2.75, 3.05) is 18.8 Å². The number of carbonyl (C=O) groups excluding carboxylic acids is 1. The number of carbonyl (C=O) groups is 1. The van der Waals surface area contributed by atoms with Crippen LogP contribution < -0.4 is 5.73 Å². The molecular formula is C21H24FN7O4. The minimum atomic E-state index is -0.939. The van der Waals surface area contributed by atoms with Gasteiger partial charge in [0.2, 0.25) is 5.82 Å². The van der Waals surface area contributed by atoms with E-state index >= 15 is 0 Å². The number of amides is 1. The van der Waals surface area contributed by atoms with E-state index in [1.54, 1.807) is 9.58 Å². The molecule has 1 aliphatic heterocycles. The number of anilines is 1. The van der Waals surface area contributed by atoms with Gasteiger partial charge in [-0.3, -0.25) is 10.1 Å². The summed E-state index contributed by atoms with van der Waals surface area (Å²) in [5, 5.41) is 16.3. The number of nitrogens with two attached hydrogens (primary N) is 1. The summed E-state index contributed by atoms with van der Waals surface area (Å²) in [6, 6.07) is 3.47. The molecule has 0 aliphatic carbocycles. The molecule has 0 atom stereocenters. The maximum absolute atomic E-state index is 13.9. The number of ether oxygens (including phenoxy) is 1. The number of rotatable bonds is 3. The standard InChI is InChI=1S/C21H24FN7O4/c1-21(2,3)33-20(30)27-8-6-13(7-9-27)28-19-16(18(23)24-11-25-19)17(26-28)12-4-5-14(22)15(10-12)29(31)32/h4-5,10-11,13H,6-9H2,1-3H3,(H2,23,24,25). The number of nitro groups is 1. The van der Waals surface area contributed by atoms with Crippen molar-refractivity contribution in [3.05, 3.63) is 40.5 Å². The maximum Gasteiger partial charge on any atom is 0.410 e. The molecule has 0 radical (unpaired) electrons. The number of piperidine rings is 1. The lowest BCUT2D eigenvalue weighted by atomic mass is 10.1. The Kier molecular flexibility index (Phi) is 5.60. The zero-order valence-electron chi connectivity index (χ0n) is 18.5. The fourth-order valence-corrected chi connectivity index (χ4v) is 3.87. The smallest absolute Gasteiger partial charge is 0.410 e. The molecular weight excluding hydrogens is 433 g/mol. The largest absolute Gasteiger partial charge is 0.444 e. The minimum Gasteiger partial charge on any atom is -0.444 e. The van der Waals surface area contributed by atoms with Crippen molar-refractivity contribution in [1.82, 2.24) is 24.6 Å². The van der Waals surface area contributed by atoms with Crippen LogP contribution in [0.4, 0.5) is 20.7 Å². The fraction of sp³-hybridized carbons (Fsp3) is 0.429. The van der Waals surface area contributed by atoms with Gasteiger partial charge in [0.05, 0.1) is 16.4 Å². The van der Waals surface area contributed by atoms with Gasteiger partial charge in [0, 0.05) is 24.7 Å². The van der Waals surface area contributed by atoms with Crippen LogP contribution in [0.15, 0.2) is 24.5 Å². The molecule has 4 rings (SSSR count). The molecule has 3 aromatic rings. The average molecular weight is 457 g/mol. The van der Waals surface area contributed by atoms with Gasteiger partial charge in [-0.15, -0.1) is 0 Å². The summed E-state index contributed by atoms with van der Waals surface area (Å²) in [4.78, 5) is 32.8. The molecule has 0 spiro atoms. The lowest BCUT2D eigenvalue weighted by molar-refractivity contribution is -0.387. The third-order valence-corrected chi connectivity index (χ3v) is 5.40. The number of benzene rings is 1. The zero-order valence-corrected chi connectivity index (χ0v) is 18.5. The number of fused-ring (bicyclic) bond motifs is 1. The van der Waals surface area contributed by atoms with E-state index in [0.717, 1.165) is 12.1 Å². The van der Waals surface area contributed by atoms with Crippen LogP contribution in [0.5, 0.6) is 0 Å². The van der Waals surface area contributed by atoms with E-state index in [-0.39, 0.29) is 18.0 Å². The zero-order chi connectivity index (χ0) is 23.9. The maximum atomic E-state index is 13.9. The molecule has 11 nitrogen and oxygen atoms in total. The third kappa shape index (κ3) is 4.41. The van der Waals surface area contributed by atoms with Gasteiger partial charge in [0.15, 0.2) is 5.65 Å². The van der Waals surface area contributed by atoms with Gasteiger partial charge in [-0.05, 0) is 45.7 Å². The van der Waals surface area contributed by atoms with Gasteiger partial charge in [0.25, 0.3) is 0 Å². The first kappa shape index (κ1) is 22.4. The minimum absolute atomic E-state index is 0.0929. The van der Waals surface area contributed by atoms with Crippen LogP contribution in [0.25, 0.3) is 22.3 Å². The molecule has 3 heterocycles. The molecule has 33 heavy (non-hydrogen) atoms. The molecule has 1 aliphatic rings. The third-order valence-electron chi connectivity index (χ3n) is 5.40. The number of nitro benzene ring substituents is 1.